The van der Waals surface area contributed by atoms with Gasteiger partial charge in [0.05, 0.1) is 13.6 Å². The van der Waals surface area contributed by atoms with Crippen LogP contribution >= 0.6 is 11.6 Å². The van der Waals surface area contributed by atoms with Gasteiger partial charge in [0.25, 0.3) is 0 Å². The van der Waals surface area contributed by atoms with Gasteiger partial charge in [-0.15, -0.1) is 11.6 Å². The molecule has 0 heterocycles. The Morgan fingerprint density at radius 3 is 2.53 bits per heavy atom. The fourth-order valence-corrected chi connectivity index (χ4v) is 1.58. The van der Waals surface area contributed by atoms with E-state index in [0.29, 0.717) is 5.75 Å². The molecule has 3 nitrogen and oxygen atoms in total. The molecule has 1 aromatic carbocycles. The monoisotopic (exact) mass is 228 g/mol. The Labute approximate surface area is 94.4 Å². The van der Waals surface area contributed by atoms with Gasteiger partial charge in [-0.05, 0) is 17.7 Å². The lowest BCUT2D eigenvalue weighted by Gasteiger charge is -2.07. The fourth-order valence-electron chi connectivity index (χ4n) is 1.25. The van der Waals surface area contributed by atoms with Gasteiger partial charge in [0.2, 0.25) is 0 Å². The molecule has 82 valence electrons. The Hall–Kier alpha value is -1.06. The smallest absolute Gasteiger partial charge is 0.308 e. The van der Waals surface area contributed by atoms with Gasteiger partial charge in [0, 0.05) is 6.92 Å². The molecule has 0 aliphatic carbocycles. The third-order valence-corrected chi connectivity index (χ3v) is 2.38. The predicted octanol–water partition coefficient (Wildman–Crippen LogP) is 1.08. The van der Waals surface area contributed by atoms with Gasteiger partial charge in [0.1, 0.15) is 11.1 Å². The van der Waals surface area contributed by atoms with E-state index in [0.717, 1.165) is 12.1 Å². The molecule has 0 aromatic heterocycles. The van der Waals surface area contributed by atoms with Crippen LogP contribution in [0.5, 0.6) is 5.75 Å². The number of ether oxygens (including phenoxy) is 1. The van der Waals surface area contributed by atoms with Crippen LogP contribution in [0.15, 0.2) is 24.3 Å². The van der Waals surface area contributed by atoms with Crippen molar-refractivity contribution >= 4 is 17.6 Å². The number of esters is 1. The Balaban J connectivity index is 2.67. The molecule has 0 aliphatic heterocycles. The summed E-state index contributed by atoms with van der Waals surface area (Å²) in [5.41, 5.74) is 1.03. The zero-order valence-corrected chi connectivity index (χ0v) is 9.62. The maximum absolute atomic E-state index is 10.7. The highest BCUT2D eigenvalue weighted by Crippen LogP contribution is 2.21. The number of quaternary nitrogens is 1. The first-order chi connectivity index (χ1) is 7.13. The first-order valence-corrected chi connectivity index (χ1v) is 5.27. The number of carbonyl (C=O) groups excluding carboxylic acids is 1. The number of carbonyl (C=O) groups is 1. The highest BCUT2D eigenvalue weighted by atomic mass is 35.5. The van der Waals surface area contributed by atoms with Crippen LogP contribution in [-0.4, -0.2) is 19.6 Å². The van der Waals surface area contributed by atoms with E-state index in [1.807, 2.05) is 24.5 Å². The predicted molar refractivity (Wildman–Crippen MR) is 59.1 cm³/mol. The van der Waals surface area contributed by atoms with Gasteiger partial charge in [-0.2, -0.15) is 0 Å². The highest BCUT2D eigenvalue weighted by molar-refractivity contribution is 6.20. The molecular weight excluding hydrogens is 214 g/mol. The number of hydrogen-bond donors (Lipinski definition) is 1. The summed E-state index contributed by atoms with van der Waals surface area (Å²) in [4.78, 5) is 10.7. The standard InChI is InChI=1S/C11H14ClNO2/c1-8(14)15-10-5-3-9(4-6-10)11(12)7-13-2/h3-6,11,13H,7H2,1-2H3/p+1/t11-/m0/s1. The second-order valence-electron chi connectivity index (χ2n) is 3.27. The SMILES string of the molecule is C[NH2+]C[C@H](Cl)c1ccc(OC(C)=O)cc1. The summed E-state index contributed by atoms with van der Waals surface area (Å²) in [7, 11) is 1.97. The van der Waals surface area contributed by atoms with Crippen molar-refractivity contribution in [2.75, 3.05) is 13.6 Å². The Morgan fingerprint density at radius 2 is 2.07 bits per heavy atom. The topological polar surface area (TPSA) is 42.9 Å². The Kier molecular flexibility index (Phi) is 4.59. The van der Waals surface area contributed by atoms with Gasteiger partial charge >= 0.3 is 5.97 Å². The molecule has 15 heavy (non-hydrogen) atoms. The largest absolute Gasteiger partial charge is 0.427 e. The van der Waals surface area contributed by atoms with E-state index < -0.39 is 0 Å². The van der Waals surface area contributed by atoms with E-state index in [2.05, 4.69) is 0 Å². The van der Waals surface area contributed by atoms with E-state index in [-0.39, 0.29) is 11.3 Å². The highest BCUT2D eigenvalue weighted by Gasteiger charge is 2.08. The van der Waals surface area contributed by atoms with Crippen LogP contribution in [0.3, 0.4) is 0 Å². The van der Waals surface area contributed by atoms with Crippen molar-refractivity contribution in [1.29, 1.82) is 0 Å². The van der Waals surface area contributed by atoms with Crippen LogP contribution in [0.4, 0.5) is 0 Å². The minimum atomic E-state index is -0.313. The number of likely N-dealkylation sites (N-methyl/N-ethyl adjacent to an activating group) is 1. The zero-order valence-electron chi connectivity index (χ0n) is 8.87. The van der Waals surface area contributed by atoms with Crippen LogP contribution < -0.4 is 10.1 Å². The Morgan fingerprint density at radius 1 is 1.47 bits per heavy atom. The first kappa shape index (κ1) is 12.0. The summed E-state index contributed by atoms with van der Waals surface area (Å²) in [5, 5.41) is 2.01. The van der Waals surface area contributed by atoms with Gasteiger partial charge in [-0.25, -0.2) is 0 Å². The van der Waals surface area contributed by atoms with Crippen LogP contribution in [0, 0.1) is 0 Å². The third-order valence-electron chi connectivity index (χ3n) is 1.95. The summed E-state index contributed by atoms with van der Waals surface area (Å²) in [6, 6.07) is 7.25. The van der Waals surface area contributed by atoms with Gasteiger partial charge in [-0.1, -0.05) is 12.1 Å². The molecule has 1 atom stereocenters. The second-order valence-corrected chi connectivity index (χ2v) is 3.80. The van der Waals surface area contributed by atoms with Crippen molar-refractivity contribution in [3.63, 3.8) is 0 Å². The average Bonchev–Trinajstić information content (AvgIpc) is 2.18. The number of benzene rings is 1. The van der Waals surface area contributed by atoms with Gasteiger partial charge < -0.3 is 10.1 Å². The quantitative estimate of drug-likeness (QED) is 0.476. The molecule has 0 fully saturated rings. The van der Waals surface area contributed by atoms with Crippen molar-refractivity contribution < 1.29 is 14.8 Å². The summed E-state index contributed by atoms with van der Waals surface area (Å²) in [6.45, 7) is 2.21. The number of halogens is 1. The maximum Gasteiger partial charge on any atom is 0.308 e. The molecule has 0 radical (unpaired) electrons. The minimum Gasteiger partial charge on any atom is -0.427 e. The number of rotatable bonds is 4. The zero-order chi connectivity index (χ0) is 11.3. The first-order valence-electron chi connectivity index (χ1n) is 4.83. The van der Waals surface area contributed by atoms with Gasteiger partial charge in [-0.3, -0.25) is 4.79 Å². The maximum atomic E-state index is 10.7. The number of nitrogens with two attached hydrogens (primary N) is 1. The average molecular weight is 229 g/mol. The molecule has 0 saturated carbocycles. The van der Waals surface area contributed by atoms with E-state index in [1.165, 1.54) is 6.92 Å². The lowest BCUT2D eigenvalue weighted by Crippen LogP contribution is -2.80. The molecule has 0 saturated heterocycles. The van der Waals surface area contributed by atoms with Crippen LogP contribution in [-0.2, 0) is 4.79 Å². The van der Waals surface area contributed by atoms with Crippen molar-refractivity contribution in [3.8, 4) is 5.75 Å². The molecule has 0 bridgehead atoms. The van der Waals surface area contributed by atoms with Crippen LogP contribution in [0.25, 0.3) is 0 Å². The summed E-state index contributed by atoms with van der Waals surface area (Å²) < 4.78 is 4.92. The van der Waals surface area contributed by atoms with Crippen molar-refractivity contribution in [3.05, 3.63) is 29.8 Å². The Bertz CT molecular complexity index is 324. The van der Waals surface area contributed by atoms with E-state index in [4.69, 9.17) is 16.3 Å². The van der Waals surface area contributed by atoms with Crippen LogP contribution in [0.1, 0.15) is 17.9 Å². The fraction of sp³-hybridized carbons (Fsp3) is 0.364. The van der Waals surface area contributed by atoms with E-state index in [1.54, 1.807) is 12.1 Å². The minimum absolute atomic E-state index is 0.0126. The molecule has 1 aromatic rings. The normalized spacial score (nSPS) is 12.2. The van der Waals surface area contributed by atoms with Crippen molar-refractivity contribution in [2.24, 2.45) is 0 Å². The lowest BCUT2D eigenvalue weighted by atomic mass is 10.1. The van der Waals surface area contributed by atoms with Crippen molar-refractivity contribution in [1.82, 2.24) is 0 Å². The van der Waals surface area contributed by atoms with Crippen molar-refractivity contribution in [2.45, 2.75) is 12.3 Å². The second kappa shape index (κ2) is 5.73. The lowest BCUT2D eigenvalue weighted by molar-refractivity contribution is -0.627. The molecule has 4 heteroatoms. The molecule has 0 amide bonds. The summed E-state index contributed by atoms with van der Waals surface area (Å²) >= 11 is 6.13. The molecule has 2 N–H and O–H groups in total. The molecule has 1 rings (SSSR count). The molecule has 0 unspecified atom stereocenters. The van der Waals surface area contributed by atoms with Gasteiger partial charge in [0.15, 0.2) is 0 Å². The molecular formula is C11H15ClNO2+. The van der Waals surface area contributed by atoms with Crippen LogP contribution in [0.2, 0.25) is 0 Å². The molecule has 0 spiro atoms. The third kappa shape index (κ3) is 3.90. The van der Waals surface area contributed by atoms with E-state index in [9.17, 15) is 4.79 Å². The number of alkyl halides is 1. The summed E-state index contributed by atoms with van der Waals surface area (Å²) in [6.07, 6.45) is 0. The number of hydrogen-bond acceptors (Lipinski definition) is 2. The van der Waals surface area contributed by atoms with E-state index >= 15 is 0 Å². The molecule has 0 aliphatic rings. The summed E-state index contributed by atoms with van der Waals surface area (Å²) in [5.74, 6) is 0.239.